The fourth-order valence-corrected chi connectivity index (χ4v) is 4.14. The molecular weight excluding hydrogens is 500 g/mol. The van der Waals surface area contributed by atoms with E-state index in [-0.39, 0.29) is 23.3 Å². The maximum Gasteiger partial charge on any atom is 0.418 e. The van der Waals surface area contributed by atoms with Gasteiger partial charge in [-0.05, 0) is 55.5 Å². The third kappa shape index (κ3) is 8.33. The zero-order valence-electron chi connectivity index (χ0n) is 20.1. The first-order valence-electron chi connectivity index (χ1n) is 11.8. The van der Waals surface area contributed by atoms with Gasteiger partial charge in [-0.1, -0.05) is 31.4 Å². The molecule has 0 unspecified atom stereocenters. The van der Waals surface area contributed by atoms with Gasteiger partial charge in [0, 0.05) is 17.8 Å². The lowest BCUT2D eigenvalue weighted by atomic mass is 9.85. The number of nitrogens with zero attached hydrogens (tertiary/aromatic N) is 3. The minimum absolute atomic E-state index is 0.106. The zero-order chi connectivity index (χ0) is 27.0. The fraction of sp³-hybridized carbons (Fsp3) is 0.423. The van der Waals surface area contributed by atoms with Crippen LogP contribution in [0.15, 0.2) is 53.5 Å². The number of ether oxygens (including phenoxy) is 1. The molecule has 0 radical (unpaired) electrons. The van der Waals surface area contributed by atoms with Gasteiger partial charge in [0.05, 0.1) is 17.8 Å². The normalized spacial score (nSPS) is 14.3. The molecule has 3 aromatic rings. The Balaban J connectivity index is 0.000000405. The highest BCUT2D eigenvalue weighted by Gasteiger charge is 2.34. The third-order valence-corrected chi connectivity index (χ3v) is 5.86. The smallest absolute Gasteiger partial charge is 0.418 e. The second-order valence-corrected chi connectivity index (χ2v) is 8.73. The first kappa shape index (κ1) is 28.2. The molecule has 11 heteroatoms. The highest BCUT2D eigenvalue weighted by molar-refractivity contribution is 5.26. The van der Waals surface area contributed by atoms with E-state index < -0.39 is 36.9 Å². The van der Waals surface area contributed by atoms with Crippen LogP contribution in [-0.4, -0.2) is 27.8 Å². The molecule has 0 bridgehead atoms. The monoisotopic (exact) mass is 527 g/mol. The molecule has 4 rings (SSSR count). The molecule has 0 amide bonds. The van der Waals surface area contributed by atoms with Gasteiger partial charge in [0.2, 0.25) is 5.88 Å². The lowest BCUT2D eigenvalue weighted by Gasteiger charge is -2.22. The second-order valence-electron chi connectivity index (χ2n) is 8.73. The topological polar surface area (TPSA) is 57.0 Å². The van der Waals surface area contributed by atoms with Crippen molar-refractivity contribution in [3.05, 3.63) is 87.2 Å². The summed E-state index contributed by atoms with van der Waals surface area (Å²) in [4.78, 5) is 16.7. The highest BCUT2D eigenvalue weighted by atomic mass is 19.4. The summed E-state index contributed by atoms with van der Waals surface area (Å²) in [7, 11) is 0. The maximum atomic E-state index is 13.3. The molecule has 200 valence electrons. The van der Waals surface area contributed by atoms with E-state index in [4.69, 9.17) is 4.74 Å². The molecule has 2 heterocycles. The Hall–Kier alpha value is -3.37. The largest absolute Gasteiger partial charge is 0.471 e. The SMILES string of the molecule is Cc1cccc(F)c1.O=c1c(C2CCCCC2)cc(OCC(F)F)nn1Cc1ncccc1C(F)(F)F. The van der Waals surface area contributed by atoms with Crippen LogP contribution in [0.5, 0.6) is 5.88 Å². The van der Waals surface area contributed by atoms with Gasteiger partial charge in [-0.25, -0.2) is 17.9 Å². The van der Waals surface area contributed by atoms with Crippen LogP contribution < -0.4 is 10.3 Å². The van der Waals surface area contributed by atoms with E-state index in [2.05, 4.69) is 10.1 Å². The Morgan fingerprint density at radius 2 is 1.81 bits per heavy atom. The summed E-state index contributed by atoms with van der Waals surface area (Å²) in [6.07, 6.45) is -1.86. The minimum Gasteiger partial charge on any atom is -0.471 e. The van der Waals surface area contributed by atoms with Gasteiger partial charge in [0.1, 0.15) is 5.82 Å². The molecule has 5 nitrogen and oxygen atoms in total. The molecule has 0 saturated heterocycles. The van der Waals surface area contributed by atoms with Crippen molar-refractivity contribution in [2.45, 2.75) is 64.1 Å². The molecule has 0 spiro atoms. The van der Waals surface area contributed by atoms with Crippen molar-refractivity contribution in [2.75, 3.05) is 6.61 Å². The summed E-state index contributed by atoms with van der Waals surface area (Å²) in [6.45, 7) is 0.399. The van der Waals surface area contributed by atoms with Crippen LogP contribution in [0.4, 0.5) is 26.3 Å². The van der Waals surface area contributed by atoms with Crippen LogP contribution in [0, 0.1) is 12.7 Å². The third-order valence-electron chi connectivity index (χ3n) is 5.86. The molecule has 0 atom stereocenters. The Kier molecular flexibility index (Phi) is 9.71. The lowest BCUT2D eigenvalue weighted by molar-refractivity contribution is -0.138. The van der Waals surface area contributed by atoms with E-state index in [0.29, 0.717) is 5.56 Å². The number of aromatic nitrogens is 3. The Morgan fingerprint density at radius 3 is 2.41 bits per heavy atom. The quantitative estimate of drug-likeness (QED) is 0.342. The number of hydrogen-bond donors (Lipinski definition) is 0. The van der Waals surface area contributed by atoms with Gasteiger partial charge in [-0.3, -0.25) is 9.78 Å². The molecule has 1 saturated carbocycles. The molecule has 1 fully saturated rings. The molecule has 37 heavy (non-hydrogen) atoms. The summed E-state index contributed by atoms with van der Waals surface area (Å²) < 4.78 is 82.8. The Morgan fingerprint density at radius 1 is 1.08 bits per heavy atom. The van der Waals surface area contributed by atoms with Crippen LogP contribution in [0.3, 0.4) is 0 Å². The number of alkyl halides is 5. The van der Waals surface area contributed by atoms with Gasteiger partial charge >= 0.3 is 6.18 Å². The zero-order valence-corrected chi connectivity index (χ0v) is 20.1. The van der Waals surface area contributed by atoms with E-state index in [1.807, 2.05) is 13.0 Å². The standard InChI is InChI=1S/C19H20F5N3O2.C7H7F/c20-16(21)11-29-17-9-13(12-5-2-1-3-6-12)18(28)27(26-17)10-15-14(19(22,23)24)7-4-8-25-15;1-6-3-2-4-7(8)5-6/h4,7-9,12,16H,1-3,5-6,10-11H2;2-5H,1H3. The van der Waals surface area contributed by atoms with Crippen LogP contribution in [-0.2, 0) is 12.7 Å². The number of halogens is 6. The maximum absolute atomic E-state index is 13.3. The van der Waals surface area contributed by atoms with Crippen LogP contribution >= 0.6 is 0 Å². The van der Waals surface area contributed by atoms with E-state index in [1.165, 1.54) is 24.4 Å². The first-order valence-corrected chi connectivity index (χ1v) is 11.8. The predicted molar refractivity (Wildman–Crippen MR) is 125 cm³/mol. The summed E-state index contributed by atoms with van der Waals surface area (Å²) in [5, 5.41) is 3.86. The van der Waals surface area contributed by atoms with Crippen molar-refractivity contribution >= 4 is 0 Å². The van der Waals surface area contributed by atoms with Gasteiger partial charge in [0.15, 0.2) is 6.61 Å². The molecule has 2 aromatic heterocycles. The van der Waals surface area contributed by atoms with Crippen molar-refractivity contribution in [1.82, 2.24) is 14.8 Å². The molecule has 0 aliphatic heterocycles. The molecular formula is C26H27F6N3O2. The van der Waals surface area contributed by atoms with E-state index in [9.17, 15) is 31.1 Å². The number of pyridine rings is 1. The van der Waals surface area contributed by atoms with Gasteiger partial charge < -0.3 is 4.74 Å². The summed E-state index contributed by atoms with van der Waals surface area (Å²) in [5.41, 5.74) is -0.624. The summed E-state index contributed by atoms with van der Waals surface area (Å²) in [6, 6.07) is 9.85. The number of aryl methyl sites for hydroxylation is 1. The first-order chi connectivity index (χ1) is 17.5. The second kappa shape index (κ2) is 12.7. The van der Waals surface area contributed by atoms with Crippen LogP contribution in [0.2, 0.25) is 0 Å². The van der Waals surface area contributed by atoms with Crippen molar-refractivity contribution in [3.8, 4) is 5.88 Å². The number of rotatable bonds is 6. The lowest BCUT2D eigenvalue weighted by Crippen LogP contribution is -2.30. The van der Waals surface area contributed by atoms with Crippen molar-refractivity contribution < 1.29 is 31.1 Å². The molecule has 1 aliphatic carbocycles. The predicted octanol–water partition coefficient (Wildman–Crippen LogP) is 6.53. The van der Waals surface area contributed by atoms with Gasteiger partial charge in [-0.15, -0.1) is 5.10 Å². The van der Waals surface area contributed by atoms with Crippen LogP contribution in [0.1, 0.15) is 60.4 Å². The number of benzene rings is 1. The average Bonchev–Trinajstić information content (AvgIpc) is 2.85. The Bertz CT molecular complexity index is 1210. The summed E-state index contributed by atoms with van der Waals surface area (Å²) >= 11 is 0. The Labute approximate surface area is 210 Å². The average molecular weight is 528 g/mol. The highest BCUT2D eigenvalue weighted by Crippen LogP contribution is 2.33. The van der Waals surface area contributed by atoms with Crippen molar-refractivity contribution in [1.29, 1.82) is 0 Å². The summed E-state index contributed by atoms with van der Waals surface area (Å²) in [5.74, 6) is -0.481. The van der Waals surface area contributed by atoms with Crippen molar-refractivity contribution in [2.24, 2.45) is 0 Å². The van der Waals surface area contributed by atoms with Gasteiger partial charge in [0.25, 0.3) is 12.0 Å². The van der Waals surface area contributed by atoms with E-state index >= 15 is 0 Å². The van der Waals surface area contributed by atoms with E-state index in [1.54, 1.807) is 6.07 Å². The molecule has 0 N–H and O–H groups in total. The minimum atomic E-state index is -4.65. The van der Waals surface area contributed by atoms with Crippen molar-refractivity contribution in [3.63, 3.8) is 0 Å². The fourth-order valence-electron chi connectivity index (χ4n) is 4.14. The molecule has 1 aromatic carbocycles. The van der Waals surface area contributed by atoms with Crippen LogP contribution in [0.25, 0.3) is 0 Å². The van der Waals surface area contributed by atoms with Gasteiger partial charge in [-0.2, -0.15) is 13.2 Å². The number of hydrogen-bond acceptors (Lipinski definition) is 4. The molecule has 1 aliphatic rings. The van der Waals surface area contributed by atoms with E-state index in [0.717, 1.165) is 54.5 Å².